The van der Waals surface area contributed by atoms with Gasteiger partial charge < -0.3 is 10.6 Å². The molecule has 1 amide bonds. The lowest BCUT2D eigenvalue weighted by atomic mass is 9.87. The number of aliphatic imine (C=N–C) groups is 1. The number of hydrogen-bond donors (Lipinski definition) is 2. The van der Waals surface area contributed by atoms with Crippen LogP contribution in [0.1, 0.15) is 35.7 Å². The number of nitrogens with zero attached hydrogens (tertiary/aromatic N) is 6. The zero-order chi connectivity index (χ0) is 24.6. The Morgan fingerprint density at radius 3 is 2.66 bits per heavy atom. The van der Waals surface area contributed by atoms with Gasteiger partial charge in [-0.15, -0.1) is 0 Å². The van der Waals surface area contributed by atoms with Gasteiger partial charge in [0.25, 0.3) is 5.91 Å². The summed E-state index contributed by atoms with van der Waals surface area (Å²) in [6.45, 7) is 5.72. The number of fused-ring (bicyclic) bond motifs is 4. The van der Waals surface area contributed by atoms with Crippen LogP contribution in [0.25, 0.3) is 0 Å². The van der Waals surface area contributed by atoms with Crippen LogP contribution in [0.4, 0.5) is 5.69 Å². The topological polar surface area (TPSA) is 129 Å². The molecule has 3 N–H and O–H groups in total. The number of amides is 1. The molecule has 6 rings (SSSR count). The Kier molecular flexibility index (Phi) is 4.92. The van der Waals surface area contributed by atoms with E-state index in [0.717, 1.165) is 38.0 Å². The SMILES string of the molecule is Cn1cc(CN2C(=O)c3cc(S(=O)(=O)NC4(C)CC4)ccc3N3C2=NCC32CN(CCN)C2)cn1. The maximum atomic E-state index is 13.8. The molecule has 2 aromatic rings. The fourth-order valence-corrected chi connectivity index (χ4v) is 6.84. The highest BCUT2D eigenvalue weighted by molar-refractivity contribution is 7.89. The molecule has 0 bridgehead atoms. The third kappa shape index (κ3) is 3.66. The van der Waals surface area contributed by atoms with Crippen molar-refractivity contribution >= 4 is 27.6 Å². The van der Waals surface area contributed by atoms with Gasteiger partial charge in [0.2, 0.25) is 16.0 Å². The van der Waals surface area contributed by atoms with Crippen molar-refractivity contribution < 1.29 is 13.2 Å². The molecule has 11 nitrogen and oxygen atoms in total. The minimum Gasteiger partial charge on any atom is -0.329 e. The van der Waals surface area contributed by atoms with E-state index in [9.17, 15) is 13.2 Å². The second-order valence-electron chi connectivity index (χ2n) is 10.4. The molecule has 1 spiro atoms. The van der Waals surface area contributed by atoms with Crippen LogP contribution in [0.3, 0.4) is 0 Å². The average Bonchev–Trinajstić information content (AvgIpc) is 3.17. The number of nitrogens with two attached hydrogens (primary N) is 1. The predicted molar refractivity (Wildman–Crippen MR) is 130 cm³/mol. The van der Waals surface area contributed by atoms with E-state index < -0.39 is 15.6 Å². The molecule has 35 heavy (non-hydrogen) atoms. The number of carbonyl (C=O) groups is 1. The van der Waals surface area contributed by atoms with Gasteiger partial charge in [-0.3, -0.25) is 19.3 Å². The van der Waals surface area contributed by atoms with Crippen molar-refractivity contribution in [3.63, 3.8) is 0 Å². The van der Waals surface area contributed by atoms with Crippen LogP contribution in [-0.4, -0.2) is 83.7 Å². The lowest BCUT2D eigenvalue weighted by Crippen LogP contribution is -2.73. The van der Waals surface area contributed by atoms with Gasteiger partial charge in [-0.05, 0) is 38.0 Å². The zero-order valence-corrected chi connectivity index (χ0v) is 20.8. The molecule has 1 saturated carbocycles. The first kappa shape index (κ1) is 22.7. The zero-order valence-electron chi connectivity index (χ0n) is 19.9. The standard InChI is InChI=1S/C23H30N8O3S/c1-22(5-6-22)27-35(33,34)17-3-4-19-18(9-17)20(32)30(12-16-10-26-28(2)11-16)21-25-13-23(31(19)21)14-29(15-23)8-7-24/h3-4,9-11,27H,5-8,12-15,24H2,1-2H3. The number of aromatic nitrogens is 2. The summed E-state index contributed by atoms with van der Waals surface area (Å²) >= 11 is 0. The third-order valence-corrected chi connectivity index (χ3v) is 9.02. The first-order valence-corrected chi connectivity index (χ1v) is 13.4. The predicted octanol–water partition coefficient (Wildman–Crippen LogP) is 0.0960. The van der Waals surface area contributed by atoms with Crippen molar-refractivity contribution in [1.82, 2.24) is 24.3 Å². The molecule has 0 atom stereocenters. The lowest BCUT2D eigenvalue weighted by molar-refractivity contribution is 0.0776. The summed E-state index contributed by atoms with van der Waals surface area (Å²) in [5.41, 5.74) is 7.04. The van der Waals surface area contributed by atoms with Crippen LogP contribution >= 0.6 is 0 Å². The maximum absolute atomic E-state index is 13.8. The van der Waals surface area contributed by atoms with Crippen LogP contribution in [0.2, 0.25) is 0 Å². The highest BCUT2D eigenvalue weighted by atomic mass is 32.2. The number of sulfonamides is 1. The Labute approximate surface area is 204 Å². The normalized spacial score (nSPS) is 22.1. The number of anilines is 1. The summed E-state index contributed by atoms with van der Waals surface area (Å²) in [7, 11) is -1.92. The summed E-state index contributed by atoms with van der Waals surface area (Å²) in [6.07, 6.45) is 5.21. The fraction of sp³-hybridized carbons (Fsp3) is 0.522. The van der Waals surface area contributed by atoms with Gasteiger partial charge >= 0.3 is 0 Å². The molecule has 1 aromatic heterocycles. The summed E-state index contributed by atoms with van der Waals surface area (Å²) in [6, 6.07) is 4.87. The van der Waals surface area contributed by atoms with Crippen LogP contribution in [0.15, 0.2) is 40.5 Å². The van der Waals surface area contributed by atoms with E-state index in [-0.39, 0.29) is 16.3 Å². The minimum atomic E-state index is -3.75. The summed E-state index contributed by atoms with van der Waals surface area (Å²) in [5.74, 6) is 0.349. The van der Waals surface area contributed by atoms with E-state index in [2.05, 4.69) is 19.6 Å². The van der Waals surface area contributed by atoms with Crippen molar-refractivity contribution in [3.05, 3.63) is 41.7 Å². The largest absolute Gasteiger partial charge is 0.329 e. The van der Waals surface area contributed by atoms with Crippen molar-refractivity contribution in [2.75, 3.05) is 37.6 Å². The molecule has 4 aliphatic rings. The molecule has 1 aromatic carbocycles. The number of likely N-dealkylation sites (tertiary alicyclic amines) is 1. The molecule has 3 aliphatic heterocycles. The van der Waals surface area contributed by atoms with E-state index in [1.807, 2.05) is 20.2 Å². The van der Waals surface area contributed by atoms with Gasteiger partial charge in [0.1, 0.15) is 0 Å². The highest BCUT2D eigenvalue weighted by Gasteiger charge is 2.56. The number of rotatable bonds is 7. The van der Waals surface area contributed by atoms with Crippen molar-refractivity contribution in [1.29, 1.82) is 0 Å². The number of guanidine groups is 1. The van der Waals surface area contributed by atoms with Gasteiger partial charge in [0.15, 0.2) is 0 Å². The van der Waals surface area contributed by atoms with Gasteiger partial charge in [0, 0.05) is 50.5 Å². The van der Waals surface area contributed by atoms with E-state index in [0.29, 0.717) is 36.8 Å². The summed E-state index contributed by atoms with van der Waals surface area (Å²) in [4.78, 5) is 24.8. The van der Waals surface area contributed by atoms with Crippen LogP contribution in [0.5, 0.6) is 0 Å². The first-order valence-electron chi connectivity index (χ1n) is 11.9. The van der Waals surface area contributed by atoms with E-state index in [4.69, 9.17) is 10.7 Å². The van der Waals surface area contributed by atoms with Crippen molar-refractivity contribution in [2.24, 2.45) is 17.8 Å². The Balaban J connectivity index is 1.40. The second-order valence-corrected chi connectivity index (χ2v) is 12.1. The molecule has 0 radical (unpaired) electrons. The number of hydrogen-bond acceptors (Lipinski definition) is 8. The van der Waals surface area contributed by atoms with Crippen LogP contribution < -0.4 is 15.4 Å². The Morgan fingerprint density at radius 1 is 1.23 bits per heavy atom. The minimum absolute atomic E-state index is 0.103. The second kappa shape index (κ2) is 7.60. The first-order chi connectivity index (χ1) is 16.6. The lowest BCUT2D eigenvalue weighted by Gasteiger charge is -2.54. The van der Waals surface area contributed by atoms with E-state index in [1.54, 1.807) is 27.9 Å². The third-order valence-electron chi connectivity index (χ3n) is 7.39. The Hall–Kier alpha value is -2.80. The van der Waals surface area contributed by atoms with Crippen molar-refractivity contribution in [2.45, 2.75) is 42.3 Å². The van der Waals surface area contributed by atoms with E-state index in [1.165, 1.54) is 6.07 Å². The van der Waals surface area contributed by atoms with Gasteiger partial charge in [-0.25, -0.2) is 18.1 Å². The quantitative estimate of drug-likeness (QED) is 0.554. The van der Waals surface area contributed by atoms with Gasteiger partial charge in [0.05, 0.1) is 41.0 Å². The summed E-state index contributed by atoms with van der Waals surface area (Å²) in [5, 5.41) is 4.23. The number of nitrogens with one attached hydrogen (secondary N) is 1. The average molecular weight is 499 g/mol. The fourth-order valence-electron chi connectivity index (χ4n) is 5.35. The molecular formula is C23H30N8O3S. The molecular weight excluding hydrogens is 468 g/mol. The number of carbonyl (C=O) groups excluding carboxylic acids is 1. The molecule has 0 unspecified atom stereocenters. The van der Waals surface area contributed by atoms with Gasteiger partial charge in [-0.1, -0.05) is 0 Å². The maximum Gasteiger partial charge on any atom is 0.263 e. The smallest absolute Gasteiger partial charge is 0.263 e. The molecule has 1 aliphatic carbocycles. The van der Waals surface area contributed by atoms with Crippen LogP contribution in [0, 0.1) is 0 Å². The van der Waals surface area contributed by atoms with Crippen LogP contribution in [-0.2, 0) is 23.6 Å². The van der Waals surface area contributed by atoms with Crippen molar-refractivity contribution in [3.8, 4) is 0 Å². The Morgan fingerprint density at radius 2 is 2.00 bits per heavy atom. The summed E-state index contributed by atoms with van der Waals surface area (Å²) < 4.78 is 30.7. The van der Waals surface area contributed by atoms with E-state index >= 15 is 0 Å². The molecule has 186 valence electrons. The molecule has 1 saturated heterocycles. The highest BCUT2D eigenvalue weighted by Crippen LogP contribution is 2.43. The van der Waals surface area contributed by atoms with Gasteiger partial charge in [-0.2, -0.15) is 5.10 Å². The number of aryl methyl sites for hydroxylation is 1. The molecule has 12 heteroatoms. The molecule has 4 heterocycles. The number of benzene rings is 1. The molecule has 2 fully saturated rings. The Bertz CT molecular complexity index is 1340. The monoisotopic (exact) mass is 498 g/mol.